The van der Waals surface area contributed by atoms with Crippen molar-refractivity contribution in [2.24, 2.45) is 5.92 Å². The van der Waals surface area contributed by atoms with Gasteiger partial charge in [-0.2, -0.15) is 0 Å². The van der Waals surface area contributed by atoms with Crippen LogP contribution < -0.4 is 5.32 Å². The number of ether oxygens (including phenoxy) is 3. The lowest BCUT2D eigenvalue weighted by atomic mass is 9.83. The van der Waals surface area contributed by atoms with Gasteiger partial charge in [0.15, 0.2) is 6.29 Å². The fourth-order valence-corrected chi connectivity index (χ4v) is 3.25. The predicted molar refractivity (Wildman–Crippen MR) is 85.5 cm³/mol. The second kappa shape index (κ2) is 8.93. The van der Waals surface area contributed by atoms with Crippen LogP contribution in [0.4, 0.5) is 0 Å². The number of carbonyl (C=O) groups excluding carboxylic acids is 1. The van der Waals surface area contributed by atoms with Crippen LogP contribution >= 0.6 is 0 Å². The van der Waals surface area contributed by atoms with Gasteiger partial charge in [0.25, 0.3) is 0 Å². The van der Waals surface area contributed by atoms with Gasteiger partial charge in [-0.05, 0) is 12.5 Å². The van der Waals surface area contributed by atoms with Crippen molar-refractivity contribution in [1.82, 2.24) is 5.32 Å². The molecule has 0 saturated carbocycles. The van der Waals surface area contributed by atoms with Crippen LogP contribution in [0.1, 0.15) is 19.8 Å². The largest absolute Gasteiger partial charge is 0.510 e. The molecule has 2 aliphatic heterocycles. The van der Waals surface area contributed by atoms with E-state index in [-0.39, 0.29) is 24.2 Å². The molecule has 0 aromatic heterocycles. The van der Waals surface area contributed by atoms with E-state index >= 15 is 0 Å². The van der Waals surface area contributed by atoms with Crippen molar-refractivity contribution in [3.63, 3.8) is 0 Å². The van der Waals surface area contributed by atoms with Crippen LogP contribution in [0.3, 0.4) is 0 Å². The van der Waals surface area contributed by atoms with Crippen LogP contribution in [0.15, 0.2) is 11.8 Å². The van der Waals surface area contributed by atoms with E-state index in [1.165, 1.54) is 7.11 Å². The lowest BCUT2D eigenvalue weighted by molar-refractivity contribution is -0.225. The molecule has 2 heterocycles. The van der Waals surface area contributed by atoms with Crippen LogP contribution in [0, 0.1) is 5.92 Å². The summed E-state index contributed by atoms with van der Waals surface area (Å²) >= 11 is 0. The van der Waals surface area contributed by atoms with Gasteiger partial charge < -0.3 is 40.0 Å². The average Bonchev–Trinajstić information content (AvgIpc) is 2.58. The minimum Gasteiger partial charge on any atom is -0.510 e. The van der Waals surface area contributed by atoms with E-state index in [2.05, 4.69) is 5.32 Å². The molecular weight excluding hydrogens is 334 g/mol. The molecule has 2 aliphatic rings. The molecule has 7 atom stereocenters. The maximum atomic E-state index is 12.2. The van der Waals surface area contributed by atoms with Crippen molar-refractivity contribution >= 4 is 5.91 Å². The summed E-state index contributed by atoms with van der Waals surface area (Å²) < 4.78 is 15.9. The third kappa shape index (κ3) is 4.49. The van der Waals surface area contributed by atoms with Crippen LogP contribution in [0.5, 0.6) is 0 Å². The highest BCUT2D eigenvalue weighted by Gasteiger charge is 2.43. The SMILES string of the molecule is CCC[C@H]1C(OC)C(=O)N[C@@H](COC2OC(CO)C(O)=CC2O)[C@@H]1O. The molecule has 0 spiro atoms. The number of aliphatic hydroxyl groups is 4. The standard InChI is InChI=1S/C16H27NO8/c1-3-4-8-13(21)9(17-15(22)14(8)23-2)7-24-16-11(20)5-10(19)12(6-18)25-16/h5,8-9,11-14,16,18-21H,3-4,6-7H2,1-2H3,(H,17,22)/t8-,9+,11?,12?,13-,14?,16?/m1/s1. The number of hydrogen-bond acceptors (Lipinski definition) is 8. The minimum atomic E-state index is -1.22. The summed E-state index contributed by atoms with van der Waals surface area (Å²) in [5.41, 5.74) is 0. The van der Waals surface area contributed by atoms with Gasteiger partial charge in [0.05, 0.1) is 25.4 Å². The molecule has 0 aromatic rings. The van der Waals surface area contributed by atoms with Gasteiger partial charge in [-0.15, -0.1) is 0 Å². The average molecular weight is 361 g/mol. The van der Waals surface area contributed by atoms with E-state index in [0.717, 1.165) is 12.5 Å². The van der Waals surface area contributed by atoms with Gasteiger partial charge >= 0.3 is 0 Å². The Bertz CT molecular complexity index is 485. The smallest absolute Gasteiger partial charge is 0.249 e. The Morgan fingerprint density at radius 2 is 2.08 bits per heavy atom. The van der Waals surface area contributed by atoms with Gasteiger partial charge in [0.2, 0.25) is 5.91 Å². The molecule has 0 bridgehead atoms. The Kier molecular flexibility index (Phi) is 7.17. The van der Waals surface area contributed by atoms with Crippen molar-refractivity contribution < 1.29 is 39.4 Å². The molecule has 4 unspecified atom stereocenters. The van der Waals surface area contributed by atoms with E-state index in [4.69, 9.17) is 19.3 Å². The minimum absolute atomic E-state index is 0.0992. The Morgan fingerprint density at radius 3 is 2.68 bits per heavy atom. The zero-order chi connectivity index (χ0) is 18.6. The first kappa shape index (κ1) is 20.1. The lowest BCUT2D eigenvalue weighted by Gasteiger charge is -2.40. The van der Waals surface area contributed by atoms with Gasteiger partial charge in [-0.3, -0.25) is 4.79 Å². The molecule has 0 aromatic carbocycles. The Balaban J connectivity index is 1.99. The Hall–Kier alpha value is -1.23. The number of carbonyl (C=O) groups is 1. The summed E-state index contributed by atoms with van der Waals surface area (Å²) in [5, 5.41) is 41.8. The number of nitrogens with one attached hydrogen (secondary N) is 1. The number of rotatable bonds is 7. The Labute approximate surface area is 146 Å². The zero-order valence-electron chi connectivity index (χ0n) is 14.4. The molecule has 1 fully saturated rings. The molecule has 0 aliphatic carbocycles. The molecular formula is C16H27NO8. The van der Waals surface area contributed by atoms with Gasteiger partial charge in [-0.25, -0.2) is 0 Å². The van der Waals surface area contributed by atoms with E-state index in [9.17, 15) is 20.1 Å². The monoisotopic (exact) mass is 361 g/mol. The maximum absolute atomic E-state index is 12.2. The summed E-state index contributed by atoms with van der Waals surface area (Å²) in [6.07, 6.45) is -2.39. The number of methoxy groups -OCH3 is 1. The van der Waals surface area contributed by atoms with Crippen LogP contribution in [-0.4, -0.2) is 83.4 Å². The zero-order valence-corrected chi connectivity index (χ0v) is 14.4. The third-order valence-corrected chi connectivity index (χ3v) is 4.56. The first-order valence-electron chi connectivity index (χ1n) is 8.40. The Morgan fingerprint density at radius 1 is 1.36 bits per heavy atom. The lowest BCUT2D eigenvalue weighted by Crippen LogP contribution is -2.62. The quantitative estimate of drug-likeness (QED) is 0.382. The fourth-order valence-electron chi connectivity index (χ4n) is 3.25. The summed E-state index contributed by atoms with van der Waals surface area (Å²) in [4.78, 5) is 12.2. The van der Waals surface area contributed by atoms with E-state index < -0.39 is 43.4 Å². The second-order valence-corrected chi connectivity index (χ2v) is 6.31. The molecule has 144 valence electrons. The van der Waals surface area contributed by atoms with Gasteiger partial charge in [0.1, 0.15) is 24.1 Å². The molecule has 2 rings (SSSR count). The van der Waals surface area contributed by atoms with Crippen molar-refractivity contribution in [2.75, 3.05) is 20.3 Å². The predicted octanol–water partition coefficient (Wildman–Crippen LogP) is -1.19. The summed E-state index contributed by atoms with van der Waals surface area (Å²) in [6.45, 7) is 1.39. The number of hydrogen-bond donors (Lipinski definition) is 5. The summed E-state index contributed by atoms with van der Waals surface area (Å²) in [7, 11) is 1.43. The van der Waals surface area contributed by atoms with E-state index in [1.807, 2.05) is 6.92 Å². The van der Waals surface area contributed by atoms with Crippen LogP contribution in [0.2, 0.25) is 0 Å². The van der Waals surface area contributed by atoms with E-state index in [0.29, 0.717) is 6.42 Å². The first-order chi connectivity index (χ1) is 11.9. The summed E-state index contributed by atoms with van der Waals surface area (Å²) in [5.74, 6) is -0.953. The van der Waals surface area contributed by atoms with Crippen molar-refractivity contribution in [2.45, 2.75) is 56.5 Å². The number of aliphatic hydroxyl groups excluding tert-OH is 4. The maximum Gasteiger partial charge on any atom is 0.249 e. The third-order valence-electron chi connectivity index (χ3n) is 4.56. The number of piperidine rings is 1. The van der Waals surface area contributed by atoms with Crippen molar-refractivity contribution in [3.05, 3.63) is 11.8 Å². The molecule has 25 heavy (non-hydrogen) atoms. The first-order valence-corrected chi connectivity index (χ1v) is 8.40. The van der Waals surface area contributed by atoms with Crippen LogP contribution in [0.25, 0.3) is 0 Å². The fraction of sp³-hybridized carbons (Fsp3) is 0.812. The molecule has 9 nitrogen and oxygen atoms in total. The molecule has 0 radical (unpaired) electrons. The van der Waals surface area contributed by atoms with Gasteiger partial charge in [-0.1, -0.05) is 13.3 Å². The number of amides is 1. The van der Waals surface area contributed by atoms with Crippen molar-refractivity contribution in [1.29, 1.82) is 0 Å². The second-order valence-electron chi connectivity index (χ2n) is 6.31. The van der Waals surface area contributed by atoms with Gasteiger partial charge in [0, 0.05) is 13.0 Å². The van der Waals surface area contributed by atoms with E-state index in [1.54, 1.807) is 0 Å². The highest BCUT2D eigenvalue weighted by Crippen LogP contribution is 2.26. The normalized spacial score (nSPS) is 39.0. The highest BCUT2D eigenvalue weighted by molar-refractivity contribution is 5.82. The molecule has 5 N–H and O–H groups in total. The van der Waals surface area contributed by atoms with Crippen molar-refractivity contribution in [3.8, 4) is 0 Å². The van der Waals surface area contributed by atoms with Crippen LogP contribution in [-0.2, 0) is 19.0 Å². The highest BCUT2D eigenvalue weighted by atomic mass is 16.7. The topological polar surface area (TPSA) is 138 Å². The molecule has 9 heteroatoms. The molecule has 1 amide bonds. The summed E-state index contributed by atoms with van der Waals surface area (Å²) in [6, 6.07) is -0.682. The molecule has 1 saturated heterocycles.